The Morgan fingerprint density at radius 1 is 1.00 bits per heavy atom. The summed E-state index contributed by atoms with van der Waals surface area (Å²) in [6.07, 6.45) is 5.06. The fourth-order valence-corrected chi connectivity index (χ4v) is 4.82. The van der Waals surface area contributed by atoms with E-state index >= 15 is 0 Å². The highest BCUT2D eigenvalue weighted by Gasteiger charge is 2.59. The van der Waals surface area contributed by atoms with Gasteiger partial charge in [0.05, 0.1) is 24.6 Å². The summed E-state index contributed by atoms with van der Waals surface area (Å²) in [6, 6.07) is 13.7. The Hall–Kier alpha value is -3.41. The number of allylic oxidation sites excluding steroid dienone is 2. The van der Waals surface area contributed by atoms with Crippen LogP contribution in [0.15, 0.2) is 60.7 Å². The van der Waals surface area contributed by atoms with Crippen molar-refractivity contribution in [2.45, 2.75) is 6.42 Å². The van der Waals surface area contributed by atoms with E-state index in [1.165, 1.54) is 4.90 Å². The number of ether oxygens (including phenoxy) is 1. The Bertz CT molecular complexity index is 1010. The molecule has 29 heavy (non-hydrogen) atoms. The van der Waals surface area contributed by atoms with Gasteiger partial charge in [0.1, 0.15) is 5.75 Å². The van der Waals surface area contributed by atoms with Crippen LogP contribution in [-0.2, 0) is 9.59 Å². The van der Waals surface area contributed by atoms with Gasteiger partial charge in [-0.25, -0.2) is 0 Å². The molecule has 2 fully saturated rings. The van der Waals surface area contributed by atoms with Crippen molar-refractivity contribution in [2.24, 2.45) is 23.7 Å². The van der Waals surface area contributed by atoms with Gasteiger partial charge in [-0.1, -0.05) is 18.2 Å². The molecular formula is C23H20N2O4. The normalized spacial score (nSPS) is 26.7. The van der Waals surface area contributed by atoms with E-state index in [-0.39, 0.29) is 41.4 Å². The van der Waals surface area contributed by atoms with Crippen molar-refractivity contribution in [3.63, 3.8) is 0 Å². The second kappa shape index (κ2) is 6.58. The maximum Gasteiger partial charge on any atom is 0.255 e. The first-order valence-corrected chi connectivity index (χ1v) is 9.68. The first kappa shape index (κ1) is 17.7. The van der Waals surface area contributed by atoms with E-state index in [1.54, 1.807) is 55.6 Å². The lowest BCUT2D eigenvalue weighted by molar-refractivity contribution is -0.123. The highest BCUT2D eigenvalue weighted by atomic mass is 16.5. The lowest BCUT2D eigenvalue weighted by Gasteiger charge is -2.17. The van der Waals surface area contributed by atoms with E-state index in [2.05, 4.69) is 17.5 Å². The zero-order valence-corrected chi connectivity index (χ0v) is 15.9. The number of imide groups is 1. The quantitative estimate of drug-likeness (QED) is 0.644. The molecule has 1 heterocycles. The third-order valence-electron chi connectivity index (χ3n) is 6.19. The van der Waals surface area contributed by atoms with E-state index in [0.717, 1.165) is 6.42 Å². The topological polar surface area (TPSA) is 75.7 Å². The van der Waals surface area contributed by atoms with Crippen molar-refractivity contribution >= 4 is 29.1 Å². The van der Waals surface area contributed by atoms with Gasteiger partial charge in [-0.3, -0.25) is 19.3 Å². The molecule has 0 aromatic heterocycles. The first-order valence-electron chi connectivity index (χ1n) is 9.68. The summed E-state index contributed by atoms with van der Waals surface area (Å²) in [4.78, 5) is 39.6. The van der Waals surface area contributed by atoms with Crippen LogP contribution in [0, 0.1) is 23.7 Å². The Balaban J connectivity index is 1.33. The molecule has 2 aliphatic carbocycles. The molecule has 2 aromatic carbocycles. The van der Waals surface area contributed by atoms with Crippen LogP contribution >= 0.6 is 0 Å². The Kier molecular flexibility index (Phi) is 4.01. The third kappa shape index (κ3) is 2.75. The highest BCUT2D eigenvalue weighted by molar-refractivity contribution is 6.23. The minimum Gasteiger partial charge on any atom is -0.497 e. The monoisotopic (exact) mass is 388 g/mol. The van der Waals surface area contributed by atoms with Crippen molar-refractivity contribution in [2.75, 3.05) is 17.3 Å². The minimum absolute atomic E-state index is 0.120. The number of carbonyl (C=O) groups excluding carboxylic acids is 3. The van der Waals surface area contributed by atoms with Crippen LogP contribution in [0.25, 0.3) is 0 Å². The van der Waals surface area contributed by atoms with Gasteiger partial charge in [-0.2, -0.15) is 0 Å². The first-order chi connectivity index (χ1) is 14.1. The summed E-state index contributed by atoms with van der Waals surface area (Å²) in [5.74, 6) is 0.0397. The summed E-state index contributed by atoms with van der Waals surface area (Å²) in [5.41, 5.74) is 1.59. The van der Waals surface area contributed by atoms with E-state index in [4.69, 9.17) is 4.74 Å². The second-order valence-electron chi connectivity index (χ2n) is 7.74. The number of benzene rings is 2. The highest BCUT2D eigenvalue weighted by Crippen LogP contribution is 2.53. The van der Waals surface area contributed by atoms with Gasteiger partial charge in [0.2, 0.25) is 11.8 Å². The van der Waals surface area contributed by atoms with Crippen LogP contribution in [0.2, 0.25) is 0 Å². The minimum atomic E-state index is -0.275. The molecule has 0 spiro atoms. The summed E-state index contributed by atoms with van der Waals surface area (Å²) in [5, 5.41) is 2.82. The molecule has 3 amide bonds. The van der Waals surface area contributed by atoms with Crippen LogP contribution in [0.5, 0.6) is 5.75 Å². The number of nitrogens with one attached hydrogen (secondary N) is 1. The molecule has 1 aliphatic heterocycles. The molecule has 1 N–H and O–H groups in total. The molecular weight excluding hydrogens is 368 g/mol. The molecule has 2 bridgehead atoms. The van der Waals surface area contributed by atoms with Crippen molar-refractivity contribution < 1.29 is 19.1 Å². The summed E-state index contributed by atoms with van der Waals surface area (Å²) < 4.78 is 5.16. The molecule has 2 aromatic rings. The molecule has 146 valence electrons. The summed E-state index contributed by atoms with van der Waals surface area (Å²) >= 11 is 0. The van der Waals surface area contributed by atoms with Crippen LogP contribution in [0.4, 0.5) is 11.4 Å². The number of carbonyl (C=O) groups is 3. The van der Waals surface area contributed by atoms with E-state index < -0.39 is 0 Å². The zero-order chi connectivity index (χ0) is 20.1. The Morgan fingerprint density at radius 3 is 2.28 bits per heavy atom. The van der Waals surface area contributed by atoms with Gasteiger partial charge >= 0.3 is 0 Å². The largest absolute Gasteiger partial charge is 0.497 e. The predicted molar refractivity (Wildman–Crippen MR) is 108 cm³/mol. The summed E-state index contributed by atoms with van der Waals surface area (Å²) in [6.45, 7) is 0. The van der Waals surface area contributed by atoms with Gasteiger partial charge in [-0.15, -0.1) is 0 Å². The fraction of sp³-hybridized carbons (Fsp3) is 0.261. The van der Waals surface area contributed by atoms with Crippen LogP contribution in [0.3, 0.4) is 0 Å². The van der Waals surface area contributed by atoms with Crippen LogP contribution in [0.1, 0.15) is 16.8 Å². The van der Waals surface area contributed by atoms with Gasteiger partial charge < -0.3 is 10.1 Å². The number of anilines is 2. The van der Waals surface area contributed by atoms with Gasteiger partial charge in [0.15, 0.2) is 0 Å². The lowest BCUT2D eigenvalue weighted by atomic mass is 9.85. The standard InChI is InChI=1S/C23H20N2O4/c1-29-18-4-2-3-16(12-18)24-21(26)13-7-9-17(10-8-13)25-22(27)19-14-5-6-15(11-14)20(19)23(25)28/h2-10,12,14-15,19-20H,11H2,1H3,(H,24,26)/t14-,15-,19-,20+/m1/s1. The average Bonchev–Trinajstić information content (AvgIpc) is 3.42. The van der Waals surface area contributed by atoms with Crippen LogP contribution < -0.4 is 15.0 Å². The molecule has 4 atom stereocenters. The van der Waals surface area contributed by atoms with Gasteiger partial charge in [0.25, 0.3) is 5.91 Å². The molecule has 3 aliphatic rings. The molecule has 1 saturated carbocycles. The van der Waals surface area contributed by atoms with E-state index in [9.17, 15) is 14.4 Å². The number of methoxy groups -OCH3 is 1. The van der Waals surface area contributed by atoms with Crippen molar-refractivity contribution in [3.8, 4) is 5.75 Å². The summed E-state index contributed by atoms with van der Waals surface area (Å²) in [7, 11) is 1.57. The van der Waals surface area contributed by atoms with Crippen molar-refractivity contribution in [3.05, 3.63) is 66.2 Å². The predicted octanol–water partition coefficient (Wildman–Crippen LogP) is 3.26. The van der Waals surface area contributed by atoms with E-state index in [0.29, 0.717) is 22.7 Å². The number of nitrogens with zero attached hydrogens (tertiary/aromatic N) is 1. The second-order valence-corrected chi connectivity index (χ2v) is 7.74. The Morgan fingerprint density at radius 2 is 1.66 bits per heavy atom. The Labute approximate surface area is 168 Å². The number of hydrogen-bond acceptors (Lipinski definition) is 4. The van der Waals surface area contributed by atoms with Crippen molar-refractivity contribution in [1.29, 1.82) is 0 Å². The average molecular weight is 388 g/mol. The number of amides is 3. The zero-order valence-electron chi connectivity index (χ0n) is 15.9. The molecule has 5 rings (SSSR count). The molecule has 1 saturated heterocycles. The van der Waals surface area contributed by atoms with Gasteiger partial charge in [-0.05, 0) is 54.7 Å². The lowest BCUT2D eigenvalue weighted by Crippen LogP contribution is -2.32. The number of rotatable bonds is 4. The molecule has 0 unspecified atom stereocenters. The van der Waals surface area contributed by atoms with E-state index in [1.807, 2.05) is 0 Å². The number of fused-ring (bicyclic) bond motifs is 5. The SMILES string of the molecule is COc1cccc(NC(=O)c2ccc(N3C(=O)[C@@H]4[C@H](C3=O)[C@@H]3C=C[C@@H]4C3)cc2)c1. The van der Waals surface area contributed by atoms with Gasteiger partial charge in [0, 0.05) is 17.3 Å². The van der Waals surface area contributed by atoms with Crippen molar-refractivity contribution in [1.82, 2.24) is 0 Å². The number of hydrogen-bond donors (Lipinski definition) is 1. The fourth-order valence-electron chi connectivity index (χ4n) is 4.82. The molecule has 6 heteroatoms. The smallest absolute Gasteiger partial charge is 0.255 e. The molecule has 0 radical (unpaired) electrons. The maximum atomic E-state index is 12.9. The molecule has 6 nitrogen and oxygen atoms in total. The van der Waals surface area contributed by atoms with Crippen LogP contribution in [-0.4, -0.2) is 24.8 Å². The third-order valence-corrected chi connectivity index (χ3v) is 6.19. The maximum absolute atomic E-state index is 12.9.